The Morgan fingerprint density at radius 3 is 2.93 bits per heavy atom. The Morgan fingerprint density at radius 2 is 2.36 bits per heavy atom. The predicted molar refractivity (Wildman–Crippen MR) is 52.8 cm³/mol. The van der Waals surface area contributed by atoms with Gasteiger partial charge in [-0.1, -0.05) is 18.7 Å². The van der Waals surface area contributed by atoms with Gasteiger partial charge >= 0.3 is 5.97 Å². The summed E-state index contributed by atoms with van der Waals surface area (Å²) < 4.78 is 4.82. The lowest BCUT2D eigenvalue weighted by Gasteiger charge is -2.07. The van der Waals surface area contributed by atoms with Crippen molar-refractivity contribution < 1.29 is 14.6 Å². The lowest BCUT2D eigenvalue weighted by atomic mass is 10.1. The number of phenols is 1. The first-order valence-electron chi connectivity index (χ1n) is 4.22. The van der Waals surface area contributed by atoms with Gasteiger partial charge in [0.15, 0.2) is 0 Å². The van der Waals surface area contributed by atoms with E-state index >= 15 is 0 Å². The summed E-state index contributed by atoms with van der Waals surface area (Å²) in [6.45, 7) is 5.20. The number of benzene rings is 1. The Kier molecular flexibility index (Phi) is 3.29. The molecule has 0 fully saturated rings. The monoisotopic (exact) mass is 192 g/mol. The van der Waals surface area contributed by atoms with E-state index in [4.69, 9.17) is 4.74 Å². The number of hydrogen-bond donors (Lipinski definition) is 1. The second kappa shape index (κ2) is 4.46. The molecule has 3 heteroatoms. The van der Waals surface area contributed by atoms with Gasteiger partial charge in [-0.05, 0) is 18.6 Å². The SMILES string of the molecule is C=CC(=O)OCc1c(C)cccc1O. The summed E-state index contributed by atoms with van der Waals surface area (Å²) in [5.74, 6) is -0.352. The molecule has 0 atom stereocenters. The van der Waals surface area contributed by atoms with E-state index in [9.17, 15) is 9.90 Å². The zero-order valence-electron chi connectivity index (χ0n) is 7.99. The minimum absolute atomic E-state index is 0.0728. The summed E-state index contributed by atoms with van der Waals surface area (Å²) in [5.41, 5.74) is 1.52. The summed E-state index contributed by atoms with van der Waals surface area (Å²) in [6, 6.07) is 5.14. The van der Waals surface area contributed by atoms with Crippen LogP contribution in [0.4, 0.5) is 0 Å². The minimum Gasteiger partial charge on any atom is -0.508 e. The number of carbonyl (C=O) groups is 1. The molecule has 0 bridgehead atoms. The zero-order chi connectivity index (χ0) is 10.6. The molecule has 1 rings (SSSR count). The average Bonchev–Trinajstić information content (AvgIpc) is 2.16. The maximum atomic E-state index is 10.8. The number of aryl methyl sites for hydroxylation is 1. The lowest BCUT2D eigenvalue weighted by molar-refractivity contribution is -0.139. The molecule has 0 aromatic heterocycles. The van der Waals surface area contributed by atoms with Crippen molar-refractivity contribution in [2.75, 3.05) is 0 Å². The number of phenolic OH excluding ortho intramolecular Hbond substituents is 1. The molecule has 0 aliphatic carbocycles. The number of esters is 1. The van der Waals surface area contributed by atoms with Crippen LogP contribution < -0.4 is 0 Å². The fourth-order valence-corrected chi connectivity index (χ4v) is 1.08. The van der Waals surface area contributed by atoms with E-state index in [1.54, 1.807) is 12.1 Å². The van der Waals surface area contributed by atoms with E-state index in [-0.39, 0.29) is 12.4 Å². The first-order chi connectivity index (χ1) is 6.65. The van der Waals surface area contributed by atoms with Gasteiger partial charge in [-0.25, -0.2) is 4.79 Å². The molecule has 74 valence electrons. The van der Waals surface area contributed by atoms with Gasteiger partial charge < -0.3 is 9.84 Å². The average molecular weight is 192 g/mol. The molecule has 3 nitrogen and oxygen atoms in total. The molecular formula is C11H12O3. The van der Waals surface area contributed by atoms with Crippen LogP contribution in [0.3, 0.4) is 0 Å². The molecule has 1 aromatic carbocycles. The van der Waals surface area contributed by atoms with Crippen LogP contribution in [-0.2, 0) is 16.1 Å². The molecular weight excluding hydrogens is 180 g/mol. The molecule has 0 amide bonds. The largest absolute Gasteiger partial charge is 0.508 e. The van der Waals surface area contributed by atoms with Gasteiger partial charge in [-0.2, -0.15) is 0 Å². The van der Waals surface area contributed by atoms with Gasteiger partial charge in [0, 0.05) is 11.6 Å². The highest BCUT2D eigenvalue weighted by Crippen LogP contribution is 2.20. The van der Waals surface area contributed by atoms with Crippen LogP contribution in [0, 0.1) is 6.92 Å². The molecule has 0 saturated heterocycles. The summed E-state index contributed by atoms with van der Waals surface area (Å²) >= 11 is 0. The van der Waals surface area contributed by atoms with Crippen LogP contribution in [0.5, 0.6) is 5.75 Å². The van der Waals surface area contributed by atoms with Crippen molar-refractivity contribution in [3.8, 4) is 5.75 Å². The van der Waals surface area contributed by atoms with E-state index in [1.807, 2.05) is 13.0 Å². The molecule has 14 heavy (non-hydrogen) atoms. The van der Waals surface area contributed by atoms with Crippen LogP contribution in [0.1, 0.15) is 11.1 Å². The van der Waals surface area contributed by atoms with E-state index in [1.165, 1.54) is 0 Å². The molecule has 0 heterocycles. The molecule has 1 aromatic rings. The van der Waals surface area contributed by atoms with Crippen molar-refractivity contribution in [1.29, 1.82) is 0 Å². The first kappa shape index (κ1) is 10.3. The highest BCUT2D eigenvalue weighted by atomic mass is 16.5. The third-order valence-corrected chi connectivity index (χ3v) is 1.91. The van der Waals surface area contributed by atoms with E-state index in [0.29, 0.717) is 5.56 Å². The number of carbonyl (C=O) groups excluding carboxylic acids is 1. The standard InChI is InChI=1S/C11H12O3/c1-3-11(13)14-7-9-8(2)5-4-6-10(9)12/h3-6,12H,1,7H2,2H3. The van der Waals surface area contributed by atoms with Gasteiger partial charge in [-0.3, -0.25) is 0 Å². The molecule has 0 saturated carbocycles. The molecule has 0 spiro atoms. The number of rotatable bonds is 3. The Labute approximate surface area is 82.6 Å². The number of hydrogen-bond acceptors (Lipinski definition) is 3. The lowest BCUT2D eigenvalue weighted by Crippen LogP contribution is -2.01. The predicted octanol–water partition coefficient (Wildman–Crippen LogP) is 1.93. The van der Waals surface area contributed by atoms with Crippen molar-refractivity contribution in [3.63, 3.8) is 0 Å². The summed E-state index contributed by atoms with van der Waals surface area (Å²) in [7, 11) is 0. The maximum Gasteiger partial charge on any atom is 0.330 e. The third-order valence-electron chi connectivity index (χ3n) is 1.91. The Balaban J connectivity index is 2.76. The quantitative estimate of drug-likeness (QED) is 0.588. The first-order valence-corrected chi connectivity index (χ1v) is 4.22. The van der Waals surface area contributed by atoms with E-state index in [0.717, 1.165) is 11.6 Å². The number of ether oxygens (including phenoxy) is 1. The zero-order valence-corrected chi connectivity index (χ0v) is 7.99. The normalized spacial score (nSPS) is 9.50. The summed E-state index contributed by atoms with van der Waals surface area (Å²) in [5, 5.41) is 9.46. The van der Waals surface area contributed by atoms with Crippen LogP contribution in [-0.4, -0.2) is 11.1 Å². The molecule has 0 unspecified atom stereocenters. The fraction of sp³-hybridized carbons (Fsp3) is 0.182. The van der Waals surface area contributed by atoms with Crippen LogP contribution in [0.2, 0.25) is 0 Å². The molecule has 0 aliphatic rings. The molecule has 0 aliphatic heterocycles. The smallest absolute Gasteiger partial charge is 0.330 e. The van der Waals surface area contributed by atoms with Gasteiger partial charge in [-0.15, -0.1) is 0 Å². The van der Waals surface area contributed by atoms with Crippen molar-refractivity contribution >= 4 is 5.97 Å². The van der Waals surface area contributed by atoms with Gasteiger partial charge in [0.1, 0.15) is 12.4 Å². The maximum absolute atomic E-state index is 10.8. The highest BCUT2D eigenvalue weighted by Gasteiger charge is 2.05. The summed E-state index contributed by atoms with van der Waals surface area (Å²) in [4.78, 5) is 10.8. The van der Waals surface area contributed by atoms with Crippen molar-refractivity contribution in [3.05, 3.63) is 42.0 Å². The minimum atomic E-state index is -0.493. The van der Waals surface area contributed by atoms with Crippen LogP contribution in [0.25, 0.3) is 0 Å². The molecule has 1 N–H and O–H groups in total. The summed E-state index contributed by atoms with van der Waals surface area (Å²) in [6.07, 6.45) is 1.09. The third kappa shape index (κ3) is 2.36. The topological polar surface area (TPSA) is 46.5 Å². The van der Waals surface area contributed by atoms with Crippen molar-refractivity contribution in [2.24, 2.45) is 0 Å². The second-order valence-electron chi connectivity index (χ2n) is 2.88. The highest BCUT2D eigenvalue weighted by molar-refractivity contribution is 5.81. The van der Waals surface area contributed by atoms with Gasteiger partial charge in [0.2, 0.25) is 0 Å². The van der Waals surface area contributed by atoms with Gasteiger partial charge in [0.25, 0.3) is 0 Å². The Hall–Kier alpha value is -1.77. The van der Waals surface area contributed by atoms with Crippen molar-refractivity contribution in [2.45, 2.75) is 13.5 Å². The fourth-order valence-electron chi connectivity index (χ4n) is 1.08. The second-order valence-corrected chi connectivity index (χ2v) is 2.88. The number of aromatic hydroxyl groups is 1. The Bertz CT molecular complexity index is 335. The van der Waals surface area contributed by atoms with Crippen LogP contribution >= 0.6 is 0 Å². The van der Waals surface area contributed by atoms with Crippen LogP contribution in [0.15, 0.2) is 30.9 Å². The van der Waals surface area contributed by atoms with E-state index in [2.05, 4.69) is 6.58 Å². The Morgan fingerprint density at radius 1 is 1.64 bits per heavy atom. The van der Waals surface area contributed by atoms with Gasteiger partial charge in [0.05, 0.1) is 0 Å². The molecule has 0 radical (unpaired) electrons. The van der Waals surface area contributed by atoms with Crippen molar-refractivity contribution in [1.82, 2.24) is 0 Å². The van der Waals surface area contributed by atoms with E-state index < -0.39 is 5.97 Å².